The molecule has 0 spiro atoms. The molecule has 0 amide bonds. The SMILES string of the molecule is C=C/C=C(\C=C/C)c1ccc(C2(c3ccc(C(/C=C\C)=C/C=C(C)C)cc3)c3ccccc3CCc3ccccc32)cc1. The monoisotopic (exact) mass is 558 g/mol. The molecule has 0 heterocycles. The summed E-state index contributed by atoms with van der Waals surface area (Å²) >= 11 is 0. The van der Waals surface area contributed by atoms with Crippen LogP contribution in [0.15, 0.2) is 158 Å². The minimum Gasteiger partial charge on any atom is -0.0990 e. The lowest BCUT2D eigenvalue weighted by Crippen LogP contribution is -2.32. The molecule has 0 aromatic heterocycles. The summed E-state index contributed by atoms with van der Waals surface area (Å²) in [6.45, 7) is 12.3. The number of allylic oxidation sites excluding steroid dienone is 11. The average Bonchev–Trinajstić information content (AvgIpc) is 3.18. The number of fused-ring (bicyclic) bond motifs is 2. The summed E-state index contributed by atoms with van der Waals surface area (Å²) in [5, 5.41) is 0. The van der Waals surface area contributed by atoms with E-state index in [0.717, 1.165) is 18.4 Å². The second kappa shape index (κ2) is 13.5. The molecule has 1 aliphatic rings. The van der Waals surface area contributed by atoms with Gasteiger partial charge in [0.1, 0.15) is 0 Å². The van der Waals surface area contributed by atoms with Crippen molar-refractivity contribution in [1.82, 2.24) is 0 Å². The summed E-state index contributed by atoms with van der Waals surface area (Å²) in [4.78, 5) is 0. The summed E-state index contributed by atoms with van der Waals surface area (Å²) in [5.74, 6) is 0. The smallest absolute Gasteiger partial charge is 0.0706 e. The van der Waals surface area contributed by atoms with Crippen LogP contribution in [0.4, 0.5) is 0 Å². The summed E-state index contributed by atoms with van der Waals surface area (Å²) in [7, 11) is 0. The Morgan fingerprint density at radius 2 is 1.02 bits per heavy atom. The maximum atomic E-state index is 3.94. The van der Waals surface area contributed by atoms with Crippen LogP contribution < -0.4 is 0 Å². The fourth-order valence-electron chi connectivity index (χ4n) is 6.48. The van der Waals surface area contributed by atoms with Gasteiger partial charge in [-0.15, -0.1) is 0 Å². The van der Waals surface area contributed by atoms with E-state index < -0.39 is 5.41 Å². The summed E-state index contributed by atoms with van der Waals surface area (Å²) in [6.07, 6.45) is 18.9. The zero-order valence-electron chi connectivity index (χ0n) is 26.0. The van der Waals surface area contributed by atoms with Gasteiger partial charge in [0, 0.05) is 0 Å². The molecule has 5 rings (SSSR count). The van der Waals surface area contributed by atoms with Crippen LogP contribution in [0.25, 0.3) is 11.1 Å². The van der Waals surface area contributed by atoms with E-state index in [0.29, 0.717) is 0 Å². The van der Waals surface area contributed by atoms with Crippen molar-refractivity contribution in [3.63, 3.8) is 0 Å². The van der Waals surface area contributed by atoms with Crippen molar-refractivity contribution in [1.29, 1.82) is 0 Å². The van der Waals surface area contributed by atoms with E-state index in [4.69, 9.17) is 0 Å². The van der Waals surface area contributed by atoms with Crippen molar-refractivity contribution in [2.45, 2.75) is 46.0 Å². The van der Waals surface area contributed by atoms with Gasteiger partial charge in [-0.05, 0) is 96.2 Å². The molecule has 43 heavy (non-hydrogen) atoms. The van der Waals surface area contributed by atoms with Crippen molar-refractivity contribution < 1.29 is 0 Å². The van der Waals surface area contributed by atoms with E-state index in [-0.39, 0.29) is 0 Å². The number of rotatable bonds is 8. The van der Waals surface area contributed by atoms with E-state index in [1.165, 1.54) is 55.7 Å². The van der Waals surface area contributed by atoms with Crippen LogP contribution in [0, 0.1) is 0 Å². The minimum absolute atomic E-state index is 0.450. The third kappa shape index (κ3) is 5.97. The molecule has 0 aliphatic heterocycles. The molecule has 0 unspecified atom stereocenters. The van der Waals surface area contributed by atoms with Crippen LogP contribution in [-0.4, -0.2) is 0 Å². The van der Waals surface area contributed by atoms with Crippen LogP contribution >= 0.6 is 0 Å². The van der Waals surface area contributed by atoms with E-state index in [1.807, 2.05) is 6.08 Å². The second-order valence-corrected chi connectivity index (χ2v) is 11.4. The molecule has 0 saturated carbocycles. The highest BCUT2D eigenvalue weighted by atomic mass is 14.4. The number of aryl methyl sites for hydroxylation is 2. The van der Waals surface area contributed by atoms with E-state index in [2.05, 4.69) is 174 Å². The molecule has 0 heteroatoms. The fraction of sp³-hybridized carbons (Fsp3) is 0.163. The van der Waals surface area contributed by atoms with Gasteiger partial charge in [0.2, 0.25) is 0 Å². The molecule has 0 radical (unpaired) electrons. The average molecular weight is 559 g/mol. The Labute approximate surface area is 258 Å². The first-order valence-electron chi connectivity index (χ1n) is 15.3. The maximum absolute atomic E-state index is 3.94. The summed E-state index contributed by atoms with van der Waals surface area (Å²) in [6, 6.07) is 36.6. The first kappa shape index (κ1) is 29.8. The Hall–Kier alpha value is -4.68. The van der Waals surface area contributed by atoms with Gasteiger partial charge in [-0.25, -0.2) is 0 Å². The molecule has 0 N–H and O–H groups in total. The van der Waals surface area contributed by atoms with Gasteiger partial charge in [0.25, 0.3) is 0 Å². The van der Waals surface area contributed by atoms with Crippen LogP contribution in [0.1, 0.15) is 72.2 Å². The highest BCUT2D eigenvalue weighted by Gasteiger charge is 2.42. The summed E-state index contributed by atoms with van der Waals surface area (Å²) < 4.78 is 0. The van der Waals surface area contributed by atoms with Crippen molar-refractivity contribution in [2.75, 3.05) is 0 Å². The quantitative estimate of drug-likeness (QED) is 0.189. The first-order chi connectivity index (χ1) is 21.0. The Morgan fingerprint density at radius 1 is 0.581 bits per heavy atom. The van der Waals surface area contributed by atoms with Gasteiger partial charge in [0.05, 0.1) is 5.41 Å². The molecule has 0 atom stereocenters. The molecule has 4 aromatic carbocycles. The zero-order valence-corrected chi connectivity index (χ0v) is 26.0. The highest BCUT2D eigenvalue weighted by molar-refractivity contribution is 5.77. The highest BCUT2D eigenvalue weighted by Crippen LogP contribution is 2.49. The molecule has 0 fully saturated rings. The predicted molar refractivity (Wildman–Crippen MR) is 187 cm³/mol. The molecule has 214 valence electrons. The van der Waals surface area contributed by atoms with Crippen molar-refractivity contribution in [3.8, 4) is 0 Å². The van der Waals surface area contributed by atoms with Gasteiger partial charge in [-0.1, -0.05) is 158 Å². The van der Waals surface area contributed by atoms with Gasteiger partial charge in [0.15, 0.2) is 0 Å². The zero-order chi connectivity index (χ0) is 30.2. The molecule has 4 aromatic rings. The number of hydrogen-bond donors (Lipinski definition) is 0. The van der Waals surface area contributed by atoms with Crippen molar-refractivity contribution in [3.05, 3.63) is 202 Å². The predicted octanol–water partition coefficient (Wildman–Crippen LogP) is 11.2. The standard InChI is InChI=1S/C43H42/c1-6-13-33(14-7-2)35-24-28-39(29-25-35)43(40-30-26-36(27-31-40)34(15-8-3)21-20-32(4)5)41-18-11-9-16-37(41)22-23-38-17-10-12-19-42(38)43/h6-21,24-31H,1,22-23H2,2-5H3/b14-7-,15-8-,33-13+,34-21+. The molecular formula is C43H42. The maximum Gasteiger partial charge on any atom is 0.0706 e. The fourth-order valence-corrected chi connectivity index (χ4v) is 6.48. The van der Waals surface area contributed by atoms with Gasteiger partial charge in [-0.3, -0.25) is 0 Å². The van der Waals surface area contributed by atoms with Gasteiger partial charge in [-0.2, -0.15) is 0 Å². The van der Waals surface area contributed by atoms with Crippen LogP contribution in [0.5, 0.6) is 0 Å². The van der Waals surface area contributed by atoms with Crippen molar-refractivity contribution in [2.24, 2.45) is 0 Å². The molecule has 0 nitrogen and oxygen atoms in total. The molecule has 0 saturated heterocycles. The lowest BCUT2D eigenvalue weighted by atomic mass is 9.63. The lowest BCUT2D eigenvalue weighted by molar-refractivity contribution is 0.739. The van der Waals surface area contributed by atoms with Crippen molar-refractivity contribution >= 4 is 11.1 Å². The van der Waals surface area contributed by atoms with Crippen LogP contribution in [-0.2, 0) is 18.3 Å². The second-order valence-electron chi connectivity index (χ2n) is 11.4. The van der Waals surface area contributed by atoms with Gasteiger partial charge < -0.3 is 0 Å². The van der Waals surface area contributed by atoms with Crippen LogP contribution in [0.3, 0.4) is 0 Å². The first-order valence-corrected chi connectivity index (χ1v) is 15.3. The van der Waals surface area contributed by atoms with Crippen LogP contribution in [0.2, 0.25) is 0 Å². The Morgan fingerprint density at radius 3 is 1.44 bits per heavy atom. The minimum atomic E-state index is -0.450. The number of hydrogen-bond acceptors (Lipinski definition) is 0. The van der Waals surface area contributed by atoms with Gasteiger partial charge >= 0.3 is 0 Å². The van der Waals surface area contributed by atoms with E-state index in [9.17, 15) is 0 Å². The number of benzene rings is 4. The normalized spacial score (nSPS) is 14.7. The molecular weight excluding hydrogens is 516 g/mol. The third-order valence-corrected chi connectivity index (χ3v) is 8.39. The van der Waals surface area contributed by atoms with E-state index in [1.54, 1.807) is 0 Å². The molecule has 1 aliphatic carbocycles. The lowest BCUT2D eigenvalue weighted by Gasteiger charge is -2.38. The Balaban J connectivity index is 1.80. The Bertz CT molecular complexity index is 1680. The topological polar surface area (TPSA) is 0 Å². The Kier molecular flexibility index (Phi) is 9.38. The molecule has 0 bridgehead atoms. The largest absolute Gasteiger partial charge is 0.0990 e. The summed E-state index contributed by atoms with van der Waals surface area (Å²) in [5.41, 5.74) is 13.7. The third-order valence-electron chi connectivity index (χ3n) is 8.39. The van der Waals surface area contributed by atoms with E-state index >= 15 is 0 Å².